The Bertz CT molecular complexity index is 695. The number of piperidine rings is 1. The Balaban J connectivity index is 1.79. The summed E-state index contributed by atoms with van der Waals surface area (Å²) in [7, 11) is -4.09. The van der Waals surface area contributed by atoms with Crippen LogP contribution in [0.4, 0.5) is 5.69 Å². The molecule has 7 heteroatoms. The third-order valence-electron chi connectivity index (χ3n) is 4.86. The van der Waals surface area contributed by atoms with E-state index >= 15 is 0 Å². The number of amides is 1. The Kier molecular flexibility index (Phi) is 7.61. The average Bonchev–Trinajstić information content (AvgIpc) is 2.58. The van der Waals surface area contributed by atoms with E-state index in [4.69, 9.17) is 0 Å². The monoisotopic (exact) mass is 381 g/mol. The fourth-order valence-electron chi connectivity index (χ4n) is 3.26. The maximum absolute atomic E-state index is 11.9. The van der Waals surface area contributed by atoms with Crippen molar-refractivity contribution in [1.29, 1.82) is 0 Å². The summed E-state index contributed by atoms with van der Waals surface area (Å²) in [6.07, 6.45) is 3.26. The number of carbonyl (C=O) groups excluding carboxylic acids is 1. The topological polar surface area (TPSA) is 89.5 Å². The van der Waals surface area contributed by atoms with Crippen LogP contribution < -0.4 is 5.32 Å². The van der Waals surface area contributed by atoms with Gasteiger partial charge in [0.25, 0.3) is 0 Å². The smallest absolute Gasteiger partial charge is 0.226 e. The van der Waals surface area contributed by atoms with Crippen LogP contribution in [0, 0.1) is 5.92 Å². The Labute approximate surface area is 156 Å². The standard InChI is InChI=1S/C19H30N2O4S/c1-15(2)19(22)20-18-7-5-6-17(14-18)16-8-11-21(12-9-16)10-3-4-13-26(23,24)25/h5-7,14-16H,3-4,8-13H2,1-2H3,(H,20,22)(H,23,24,25)/p-1. The molecule has 0 unspecified atom stereocenters. The first kappa shape index (κ1) is 20.9. The van der Waals surface area contributed by atoms with E-state index in [1.54, 1.807) is 0 Å². The predicted molar refractivity (Wildman–Crippen MR) is 102 cm³/mol. The summed E-state index contributed by atoms with van der Waals surface area (Å²) in [5.41, 5.74) is 2.10. The molecule has 2 rings (SSSR count). The fraction of sp³-hybridized carbons (Fsp3) is 0.632. The molecule has 146 valence electrons. The van der Waals surface area contributed by atoms with Crippen molar-refractivity contribution < 1.29 is 17.8 Å². The van der Waals surface area contributed by atoms with Crippen LogP contribution in [0.5, 0.6) is 0 Å². The summed E-state index contributed by atoms with van der Waals surface area (Å²) in [5, 5.41) is 2.95. The van der Waals surface area contributed by atoms with Gasteiger partial charge in [-0.2, -0.15) is 0 Å². The van der Waals surface area contributed by atoms with Gasteiger partial charge in [-0.1, -0.05) is 26.0 Å². The molecule has 0 aliphatic carbocycles. The van der Waals surface area contributed by atoms with E-state index in [0.29, 0.717) is 12.3 Å². The predicted octanol–water partition coefficient (Wildman–Crippen LogP) is 2.79. The molecule has 0 spiro atoms. The number of benzene rings is 1. The molecular weight excluding hydrogens is 352 g/mol. The molecular formula is C19H29N2O4S-. The first-order chi connectivity index (χ1) is 12.2. The number of carbonyl (C=O) groups is 1. The fourth-order valence-corrected chi connectivity index (χ4v) is 3.82. The minimum atomic E-state index is -4.09. The minimum Gasteiger partial charge on any atom is -0.748 e. The lowest BCUT2D eigenvalue weighted by Gasteiger charge is -2.32. The molecule has 1 fully saturated rings. The van der Waals surface area contributed by atoms with E-state index in [1.165, 1.54) is 5.56 Å². The number of hydrogen-bond donors (Lipinski definition) is 1. The molecule has 26 heavy (non-hydrogen) atoms. The maximum Gasteiger partial charge on any atom is 0.226 e. The van der Waals surface area contributed by atoms with Crippen LogP contribution in [0.1, 0.15) is 51.0 Å². The van der Waals surface area contributed by atoms with Crippen molar-refractivity contribution in [3.63, 3.8) is 0 Å². The second kappa shape index (κ2) is 9.48. The van der Waals surface area contributed by atoms with Gasteiger partial charge in [0.1, 0.15) is 0 Å². The average molecular weight is 382 g/mol. The van der Waals surface area contributed by atoms with Crippen molar-refractivity contribution in [2.75, 3.05) is 30.7 Å². The number of likely N-dealkylation sites (tertiary alicyclic amines) is 1. The van der Waals surface area contributed by atoms with E-state index < -0.39 is 10.1 Å². The van der Waals surface area contributed by atoms with Gasteiger partial charge in [0, 0.05) is 17.4 Å². The van der Waals surface area contributed by atoms with Gasteiger partial charge in [-0.05, 0) is 68.9 Å². The largest absolute Gasteiger partial charge is 0.748 e. The van der Waals surface area contributed by atoms with Crippen molar-refractivity contribution in [1.82, 2.24) is 4.90 Å². The first-order valence-electron chi connectivity index (χ1n) is 9.31. The van der Waals surface area contributed by atoms with Crippen molar-refractivity contribution >= 4 is 21.7 Å². The second-order valence-electron chi connectivity index (χ2n) is 7.35. The Morgan fingerprint density at radius 3 is 2.58 bits per heavy atom. The molecule has 1 aromatic rings. The van der Waals surface area contributed by atoms with Gasteiger partial charge in [-0.15, -0.1) is 0 Å². The van der Waals surface area contributed by atoms with Crippen molar-refractivity contribution in [2.45, 2.75) is 45.4 Å². The lowest BCUT2D eigenvalue weighted by Crippen LogP contribution is -2.33. The lowest BCUT2D eigenvalue weighted by molar-refractivity contribution is -0.118. The summed E-state index contributed by atoms with van der Waals surface area (Å²) < 4.78 is 31.9. The Hall–Kier alpha value is -1.44. The van der Waals surface area contributed by atoms with Gasteiger partial charge in [0.2, 0.25) is 5.91 Å². The van der Waals surface area contributed by atoms with Gasteiger partial charge in [-0.25, -0.2) is 8.42 Å². The van der Waals surface area contributed by atoms with Crippen LogP contribution in [0.15, 0.2) is 24.3 Å². The molecule has 0 radical (unpaired) electrons. The second-order valence-corrected chi connectivity index (χ2v) is 8.88. The van der Waals surface area contributed by atoms with E-state index in [-0.39, 0.29) is 17.6 Å². The van der Waals surface area contributed by atoms with Crippen LogP contribution in [-0.2, 0) is 14.9 Å². The number of unbranched alkanes of at least 4 members (excludes halogenated alkanes) is 1. The van der Waals surface area contributed by atoms with Crippen molar-refractivity contribution in [3.05, 3.63) is 29.8 Å². The number of nitrogens with one attached hydrogen (secondary N) is 1. The number of rotatable bonds is 8. The van der Waals surface area contributed by atoms with Crippen LogP contribution in [0.25, 0.3) is 0 Å². The molecule has 6 nitrogen and oxygen atoms in total. The molecule has 1 aliphatic heterocycles. The summed E-state index contributed by atoms with van der Waals surface area (Å²) in [4.78, 5) is 14.2. The third kappa shape index (κ3) is 7.05. The number of nitrogens with zero attached hydrogens (tertiary/aromatic N) is 1. The minimum absolute atomic E-state index is 0.0251. The highest BCUT2D eigenvalue weighted by molar-refractivity contribution is 7.85. The molecule has 1 aromatic carbocycles. The van der Waals surface area contributed by atoms with Gasteiger partial charge in [-0.3, -0.25) is 4.79 Å². The van der Waals surface area contributed by atoms with Gasteiger partial charge in [0.15, 0.2) is 0 Å². The molecule has 1 N–H and O–H groups in total. The molecule has 0 saturated carbocycles. The van der Waals surface area contributed by atoms with Crippen LogP contribution >= 0.6 is 0 Å². The summed E-state index contributed by atoms with van der Waals surface area (Å²) in [6.45, 7) is 6.53. The summed E-state index contributed by atoms with van der Waals surface area (Å²) in [5.74, 6) is 0.193. The van der Waals surface area contributed by atoms with E-state index in [2.05, 4.69) is 22.3 Å². The van der Waals surface area contributed by atoms with Crippen LogP contribution in [0.3, 0.4) is 0 Å². The summed E-state index contributed by atoms with van der Waals surface area (Å²) >= 11 is 0. The highest BCUT2D eigenvalue weighted by Crippen LogP contribution is 2.29. The molecule has 1 saturated heterocycles. The Morgan fingerprint density at radius 2 is 1.96 bits per heavy atom. The molecule has 0 bridgehead atoms. The SMILES string of the molecule is CC(C)C(=O)Nc1cccc(C2CCN(CCCCS(=O)(=O)[O-])CC2)c1. The van der Waals surface area contributed by atoms with E-state index in [1.807, 2.05) is 26.0 Å². The van der Waals surface area contributed by atoms with Gasteiger partial charge >= 0.3 is 0 Å². The molecule has 0 atom stereocenters. The zero-order valence-electron chi connectivity index (χ0n) is 15.6. The normalized spacial score (nSPS) is 16.8. The quantitative estimate of drug-likeness (QED) is 0.552. The zero-order chi connectivity index (χ0) is 19.2. The Morgan fingerprint density at radius 1 is 1.27 bits per heavy atom. The zero-order valence-corrected chi connectivity index (χ0v) is 16.4. The van der Waals surface area contributed by atoms with Gasteiger partial charge in [0.05, 0.1) is 10.1 Å². The summed E-state index contributed by atoms with van der Waals surface area (Å²) in [6, 6.07) is 8.09. The molecule has 1 aliphatic rings. The molecule has 0 aromatic heterocycles. The van der Waals surface area contributed by atoms with Gasteiger partial charge < -0.3 is 14.8 Å². The van der Waals surface area contributed by atoms with Crippen LogP contribution in [0.2, 0.25) is 0 Å². The van der Waals surface area contributed by atoms with Crippen LogP contribution in [-0.4, -0.2) is 49.2 Å². The van der Waals surface area contributed by atoms with Crippen molar-refractivity contribution in [2.24, 2.45) is 5.92 Å². The highest BCUT2D eigenvalue weighted by Gasteiger charge is 2.20. The highest BCUT2D eigenvalue weighted by atomic mass is 32.2. The number of hydrogen-bond acceptors (Lipinski definition) is 5. The van der Waals surface area contributed by atoms with E-state index in [9.17, 15) is 17.8 Å². The van der Waals surface area contributed by atoms with Crippen molar-refractivity contribution in [3.8, 4) is 0 Å². The molecule has 1 heterocycles. The molecule has 1 amide bonds. The first-order valence-corrected chi connectivity index (χ1v) is 10.9. The van der Waals surface area contributed by atoms with E-state index in [0.717, 1.165) is 44.6 Å². The third-order valence-corrected chi connectivity index (χ3v) is 5.64. The number of anilines is 1. The maximum atomic E-state index is 11.9. The lowest BCUT2D eigenvalue weighted by atomic mass is 9.89.